The molecule has 0 heterocycles. The minimum absolute atomic E-state index is 0.308. The Morgan fingerprint density at radius 2 is 1.38 bits per heavy atom. The zero-order valence-corrected chi connectivity index (χ0v) is 12.7. The van der Waals surface area contributed by atoms with Gasteiger partial charge in [0.05, 0.1) is 5.69 Å². The fourth-order valence-corrected chi connectivity index (χ4v) is 2.41. The summed E-state index contributed by atoms with van der Waals surface area (Å²) in [5, 5.41) is 9.45. The van der Waals surface area contributed by atoms with Gasteiger partial charge < -0.3 is 5.11 Å². The largest absolute Gasteiger partial charge is 0.464 e. The Kier molecular flexibility index (Phi) is 4.38. The molecule has 24 heavy (non-hydrogen) atoms. The molecule has 1 radical (unpaired) electrons. The molecule has 0 spiro atoms. The van der Waals surface area contributed by atoms with E-state index in [1.807, 2.05) is 24.3 Å². The van der Waals surface area contributed by atoms with Gasteiger partial charge in [-0.2, -0.15) is 0 Å². The summed E-state index contributed by atoms with van der Waals surface area (Å²) in [7, 11) is 0. The highest BCUT2D eigenvalue weighted by molar-refractivity contribution is 6.18. The van der Waals surface area contributed by atoms with Gasteiger partial charge in [0.1, 0.15) is 0 Å². The molecule has 3 aromatic rings. The van der Waals surface area contributed by atoms with E-state index in [1.54, 1.807) is 54.6 Å². The molecule has 0 saturated heterocycles. The number of hydrogen-bond donors (Lipinski definition) is 1. The van der Waals surface area contributed by atoms with Crippen molar-refractivity contribution >= 4 is 17.7 Å². The van der Waals surface area contributed by atoms with Gasteiger partial charge in [0, 0.05) is 5.56 Å². The molecular formula is C20H14NO3. The lowest BCUT2D eigenvalue weighted by atomic mass is 10.1. The second kappa shape index (κ2) is 6.79. The van der Waals surface area contributed by atoms with Gasteiger partial charge in [0.25, 0.3) is 5.91 Å². The van der Waals surface area contributed by atoms with E-state index in [9.17, 15) is 14.7 Å². The van der Waals surface area contributed by atoms with Crippen molar-refractivity contribution < 1.29 is 14.7 Å². The van der Waals surface area contributed by atoms with E-state index in [2.05, 4.69) is 6.07 Å². The Morgan fingerprint density at radius 3 is 1.96 bits per heavy atom. The molecule has 0 aromatic heterocycles. The summed E-state index contributed by atoms with van der Waals surface area (Å²) in [6.45, 7) is 0. The van der Waals surface area contributed by atoms with Crippen molar-refractivity contribution in [3.05, 3.63) is 90.5 Å². The van der Waals surface area contributed by atoms with Crippen molar-refractivity contribution in [2.45, 2.75) is 0 Å². The lowest BCUT2D eigenvalue weighted by molar-refractivity contribution is 0.0983. The highest BCUT2D eigenvalue weighted by Gasteiger charge is 2.24. The summed E-state index contributed by atoms with van der Waals surface area (Å²) < 4.78 is 0. The number of carboxylic acid groups (broad SMARTS) is 1. The fourth-order valence-electron chi connectivity index (χ4n) is 2.41. The number of anilines is 1. The second-order valence-corrected chi connectivity index (χ2v) is 5.12. The molecule has 2 amide bonds. The summed E-state index contributed by atoms with van der Waals surface area (Å²) in [6.07, 6.45) is -1.31. The normalized spacial score (nSPS) is 10.2. The van der Waals surface area contributed by atoms with Crippen LogP contribution in [0.3, 0.4) is 0 Å². The Balaban J connectivity index is 1.93. The lowest BCUT2D eigenvalue weighted by Crippen LogP contribution is -2.35. The lowest BCUT2D eigenvalue weighted by Gasteiger charge is -2.18. The Morgan fingerprint density at radius 1 is 0.792 bits per heavy atom. The van der Waals surface area contributed by atoms with Gasteiger partial charge in [-0.3, -0.25) is 4.79 Å². The molecular weight excluding hydrogens is 302 g/mol. The van der Waals surface area contributed by atoms with Crippen LogP contribution in [0.5, 0.6) is 0 Å². The summed E-state index contributed by atoms with van der Waals surface area (Å²) in [5.41, 5.74) is 2.56. The first-order valence-corrected chi connectivity index (χ1v) is 7.36. The zero-order valence-electron chi connectivity index (χ0n) is 12.7. The average molecular weight is 316 g/mol. The van der Waals surface area contributed by atoms with Gasteiger partial charge in [-0.05, 0) is 41.5 Å². The van der Waals surface area contributed by atoms with E-state index in [1.165, 1.54) is 0 Å². The number of amides is 2. The molecule has 4 heteroatoms. The third kappa shape index (κ3) is 3.17. The van der Waals surface area contributed by atoms with Crippen LogP contribution in [0.25, 0.3) is 11.1 Å². The van der Waals surface area contributed by atoms with Crippen LogP contribution in [0.4, 0.5) is 10.5 Å². The monoisotopic (exact) mass is 316 g/mol. The second-order valence-electron chi connectivity index (χ2n) is 5.12. The van der Waals surface area contributed by atoms with Crippen molar-refractivity contribution in [1.29, 1.82) is 0 Å². The van der Waals surface area contributed by atoms with Crippen molar-refractivity contribution in [3.8, 4) is 11.1 Å². The number of imide groups is 1. The molecule has 0 saturated carbocycles. The summed E-state index contributed by atoms with van der Waals surface area (Å²) in [4.78, 5) is 24.8. The maximum absolute atomic E-state index is 12.5. The molecule has 4 nitrogen and oxygen atoms in total. The van der Waals surface area contributed by atoms with Crippen LogP contribution in [0.15, 0.2) is 78.9 Å². The summed E-state index contributed by atoms with van der Waals surface area (Å²) >= 11 is 0. The number of hydrogen-bond acceptors (Lipinski definition) is 2. The van der Waals surface area contributed by atoms with Crippen molar-refractivity contribution in [1.82, 2.24) is 0 Å². The van der Waals surface area contributed by atoms with E-state index in [0.717, 1.165) is 16.0 Å². The van der Waals surface area contributed by atoms with E-state index in [4.69, 9.17) is 0 Å². The number of rotatable bonds is 3. The first-order valence-electron chi connectivity index (χ1n) is 7.36. The number of nitrogens with zero attached hydrogens (tertiary/aromatic N) is 1. The van der Waals surface area contributed by atoms with Crippen molar-refractivity contribution in [2.24, 2.45) is 0 Å². The zero-order chi connectivity index (χ0) is 16.9. The van der Waals surface area contributed by atoms with E-state index < -0.39 is 12.0 Å². The van der Waals surface area contributed by atoms with Gasteiger partial charge in [-0.1, -0.05) is 54.6 Å². The number of carbonyl (C=O) groups excluding carboxylic acids is 1. The molecule has 117 valence electrons. The predicted molar refractivity (Wildman–Crippen MR) is 92.0 cm³/mol. The molecule has 0 atom stereocenters. The minimum Gasteiger partial charge on any atom is -0.464 e. The smallest absolute Gasteiger partial charge is 0.419 e. The van der Waals surface area contributed by atoms with Crippen molar-refractivity contribution in [2.75, 3.05) is 4.90 Å². The number of carbonyl (C=O) groups is 2. The maximum atomic E-state index is 12.5. The SMILES string of the molecule is O=C(O)N(C(=O)c1ccccc1)c1ccc(-c2cc[c]cc2)cc1. The molecule has 1 N–H and O–H groups in total. The van der Waals surface area contributed by atoms with Crippen LogP contribution in [0, 0.1) is 6.07 Å². The molecule has 3 aromatic carbocycles. The molecule has 0 fully saturated rings. The highest BCUT2D eigenvalue weighted by Crippen LogP contribution is 2.24. The molecule has 0 bridgehead atoms. The van der Waals surface area contributed by atoms with Crippen LogP contribution < -0.4 is 4.90 Å². The standard InChI is InChI=1S/C20H14NO3/c22-19(17-9-5-2-6-10-17)21(20(23)24)18-13-11-16(12-14-18)15-7-3-1-4-8-15/h2-14H,(H,23,24). The summed E-state index contributed by atoms with van der Waals surface area (Å²) in [5.74, 6) is -0.579. The first-order chi connectivity index (χ1) is 11.7. The third-order valence-electron chi connectivity index (χ3n) is 3.59. The summed E-state index contributed by atoms with van der Waals surface area (Å²) in [6, 6.07) is 25.6. The van der Waals surface area contributed by atoms with Crippen LogP contribution in [0.2, 0.25) is 0 Å². The third-order valence-corrected chi connectivity index (χ3v) is 3.59. The Hall–Kier alpha value is -3.40. The minimum atomic E-state index is -1.31. The number of benzene rings is 3. The molecule has 3 rings (SSSR count). The van der Waals surface area contributed by atoms with Gasteiger partial charge in [0.15, 0.2) is 0 Å². The van der Waals surface area contributed by atoms with Crippen LogP contribution in [-0.4, -0.2) is 17.1 Å². The molecule has 0 unspecified atom stereocenters. The van der Waals surface area contributed by atoms with Crippen LogP contribution in [-0.2, 0) is 0 Å². The van der Waals surface area contributed by atoms with Gasteiger partial charge in [0.2, 0.25) is 0 Å². The van der Waals surface area contributed by atoms with E-state index >= 15 is 0 Å². The average Bonchev–Trinajstić information content (AvgIpc) is 2.63. The van der Waals surface area contributed by atoms with Crippen LogP contribution >= 0.6 is 0 Å². The van der Waals surface area contributed by atoms with Crippen molar-refractivity contribution in [3.63, 3.8) is 0 Å². The van der Waals surface area contributed by atoms with E-state index in [0.29, 0.717) is 11.3 Å². The Labute approximate surface area is 139 Å². The van der Waals surface area contributed by atoms with Gasteiger partial charge >= 0.3 is 6.09 Å². The molecule has 0 aliphatic rings. The highest BCUT2D eigenvalue weighted by atomic mass is 16.4. The van der Waals surface area contributed by atoms with Crippen LogP contribution in [0.1, 0.15) is 10.4 Å². The predicted octanol–water partition coefficient (Wildman–Crippen LogP) is 4.48. The first kappa shape index (κ1) is 15.5. The molecule has 0 aliphatic carbocycles. The van der Waals surface area contributed by atoms with E-state index in [-0.39, 0.29) is 0 Å². The van der Waals surface area contributed by atoms with Gasteiger partial charge in [-0.25, -0.2) is 9.69 Å². The Bertz CT molecular complexity index is 843. The fraction of sp³-hybridized carbons (Fsp3) is 0. The topological polar surface area (TPSA) is 57.6 Å². The van der Waals surface area contributed by atoms with Gasteiger partial charge in [-0.15, -0.1) is 0 Å². The quantitative estimate of drug-likeness (QED) is 0.775. The molecule has 0 aliphatic heterocycles. The maximum Gasteiger partial charge on any atom is 0.419 e.